The molecule has 2 heterocycles. The van der Waals surface area contributed by atoms with E-state index in [1.54, 1.807) is 0 Å². The number of nitrogens with zero attached hydrogens (tertiary/aromatic N) is 2. The Morgan fingerprint density at radius 2 is 2.16 bits per heavy atom. The number of hydrogen-bond acceptors (Lipinski definition) is 5. The Balaban J connectivity index is 1.62. The lowest BCUT2D eigenvalue weighted by Gasteiger charge is -2.17. The van der Waals surface area contributed by atoms with Crippen LogP contribution < -0.4 is 5.32 Å². The third-order valence-corrected chi connectivity index (χ3v) is 4.88. The number of carbonyl (C=O) groups is 1. The number of rotatable bonds is 7. The number of thiophene rings is 1. The maximum absolute atomic E-state index is 12.3. The zero-order valence-electron chi connectivity index (χ0n) is 13.9. The van der Waals surface area contributed by atoms with Gasteiger partial charge in [-0.2, -0.15) is 11.3 Å². The first-order valence-corrected chi connectivity index (χ1v) is 9.07. The molecule has 3 N–H and O–H groups in total. The van der Waals surface area contributed by atoms with Gasteiger partial charge in [0.15, 0.2) is 0 Å². The number of fused-ring (bicyclic) bond motifs is 1. The van der Waals surface area contributed by atoms with E-state index in [0.717, 1.165) is 22.4 Å². The third kappa shape index (κ3) is 4.28. The molecule has 130 valence electrons. The molecule has 2 aromatic heterocycles. The van der Waals surface area contributed by atoms with Crippen LogP contribution in [0.3, 0.4) is 0 Å². The van der Waals surface area contributed by atoms with E-state index in [-0.39, 0.29) is 12.3 Å². The number of benzene rings is 1. The minimum absolute atomic E-state index is 0.217. The highest BCUT2D eigenvalue weighted by Gasteiger charge is 2.25. The maximum Gasteiger partial charge on any atom is 0.475 e. The van der Waals surface area contributed by atoms with Crippen LogP contribution in [0.5, 0.6) is 0 Å². The normalized spacial score (nSPS) is 12.3. The number of nitrogens with one attached hydrogen (secondary N) is 1. The van der Waals surface area contributed by atoms with Gasteiger partial charge in [-0.25, -0.2) is 4.98 Å². The van der Waals surface area contributed by atoms with Gasteiger partial charge in [0.05, 0.1) is 17.0 Å². The molecule has 8 heteroatoms. The number of aryl methyl sites for hydroxylation is 2. The van der Waals surface area contributed by atoms with Crippen LogP contribution in [0.25, 0.3) is 11.0 Å². The van der Waals surface area contributed by atoms with Crippen molar-refractivity contribution in [2.75, 3.05) is 0 Å². The fourth-order valence-corrected chi connectivity index (χ4v) is 3.55. The maximum atomic E-state index is 12.3. The fourth-order valence-electron chi connectivity index (χ4n) is 2.86. The van der Waals surface area contributed by atoms with Gasteiger partial charge in [0.25, 0.3) is 0 Å². The van der Waals surface area contributed by atoms with E-state index in [9.17, 15) is 14.8 Å². The molecule has 0 saturated heterocycles. The SMILES string of the molecule is Cc1nc2ccccc2n1CCC(=O)NC(Cc1ccsc1)B(O)O. The summed E-state index contributed by atoms with van der Waals surface area (Å²) in [5, 5.41) is 25.6. The number of aromatic nitrogens is 2. The second kappa shape index (κ2) is 7.82. The van der Waals surface area contributed by atoms with Crippen LogP contribution in [0.4, 0.5) is 0 Å². The molecule has 0 spiro atoms. The highest BCUT2D eigenvalue weighted by atomic mass is 32.1. The molecule has 6 nitrogen and oxygen atoms in total. The lowest BCUT2D eigenvalue weighted by atomic mass is 9.76. The smallest absolute Gasteiger partial charge is 0.426 e. The molecule has 0 fully saturated rings. The van der Waals surface area contributed by atoms with E-state index in [4.69, 9.17) is 0 Å². The number of para-hydroxylation sites is 2. The van der Waals surface area contributed by atoms with Crippen LogP contribution >= 0.6 is 11.3 Å². The van der Waals surface area contributed by atoms with Gasteiger partial charge in [-0.15, -0.1) is 0 Å². The van der Waals surface area contributed by atoms with Crippen molar-refractivity contribution >= 4 is 35.4 Å². The van der Waals surface area contributed by atoms with E-state index in [2.05, 4.69) is 10.3 Å². The molecule has 0 radical (unpaired) electrons. The van der Waals surface area contributed by atoms with E-state index >= 15 is 0 Å². The average Bonchev–Trinajstić information content (AvgIpc) is 3.19. The quantitative estimate of drug-likeness (QED) is 0.560. The van der Waals surface area contributed by atoms with E-state index in [1.165, 1.54) is 11.3 Å². The van der Waals surface area contributed by atoms with Crippen molar-refractivity contribution in [3.8, 4) is 0 Å². The molecule has 1 unspecified atom stereocenters. The Bertz CT molecular complexity index is 848. The van der Waals surface area contributed by atoms with Gasteiger partial charge in [-0.1, -0.05) is 12.1 Å². The summed E-state index contributed by atoms with van der Waals surface area (Å²) in [7, 11) is -1.60. The second-order valence-electron chi connectivity index (χ2n) is 5.97. The fraction of sp³-hybridized carbons (Fsp3) is 0.294. The minimum atomic E-state index is -1.60. The summed E-state index contributed by atoms with van der Waals surface area (Å²) in [5.74, 6) is -0.0840. The Hall–Kier alpha value is -2.16. The number of amides is 1. The van der Waals surface area contributed by atoms with Gasteiger partial charge in [0.2, 0.25) is 5.91 Å². The summed E-state index contributed by atoms with van der Waals surface area (Å²) in [6.07, 6.45) is 0.633. The summed E-state index contributed by atoms with van der Waals surface area (Å²) in [6.45, 7) is 2.40. The number of hydrogen-bond donors (Lipinski definition) is 3. The number of carbonyl (C=O) groups excluding carboxylic acids is 1. The molecular formula is C17H20BN3O3S. The monoisotopic (exact) mass is 357 g/mol. The molecule has 1 amide bonds. The molecule has 0 aliphatic heterocycles. The molecule has 0 saturated carbocycles. The Morgan fingerprint density at radius 1 is 1.36 bits per heavy atom. The molecule has 1 atom stereocenters. The lowest BCUT2D eigenvalue weighted by molar-refractivity contribution is -0.121. The van der Waals surface area contributed by atoms with Crippen LogP contribution in [-0.2, 0) is 17.8 Å². The zero-order valence-corrected chi connectivity index (χ0v) is 14.7. The molecule has 25 heavy (non-hydrogen) atoms. The summed E-state index contributed by atoms with van der Waals surface area (Å²) in [5.41, 5.74) is 2.87. The van der Waals surface area contributed by atoms with E-state index < -0.39 is 13.1 Å². The molecule has 3 aromatic rings. The first-order valence-electron chi connectivity index (χ1n) is 8.13. The Morgan fingerprint density at radius 3 is 2.88 bits per heavy atom. The first-order chi connectivity index (χ1) is 12.0. The topological polar surface area (TPSA) is 87.4 Å². The summed E-state index contributed by atoms with van der Waals surface area (Å²) < 4.78 is 2.00. The van der Waals surface area contributed by atoms with Crippen molar-refractivity contribution < 1.29 is 14.8 Å². The minimum Gasteiger partial charge on any atom is -0.426 e. The average molecular weight is 357 g/mol. The van der Waals surface area contributed by atoms with Crippen LogP contribution in [-0.4, -0.2) is 38.6 Å². The van der Waals surface area contributed by atoms with Crippen molar-refractivity contribution in [1.82, 2.24) is 14.9 Å². The molecule has 0 aliphatic rings. The van der Waals surface area contributed by atoms with Crippen molar-refractivity contribution in [1.29, 1.82) is 0 Å². The van der Waals surface area contributed by atoms with Gasteiger partial charge in [0, 0.05) is 13.0 Å². The molecular weight excluding hydrogens is 337 g/mol. The highest BCUT2D eigenvalue weighted by Crippen LogP contribution is 2.16. The Labute approximate surface area is 150 Å². The van der Waals surface area contributed by atoms with Crippen LogP contribution in [0.2, 0.25) is 0 Å². The van der Waals surface area contributed by atoms with Gasteiger partial charge in [-0.3, -0.25) is 4.79 Å². The van der Waals surface area contributed by atoms with Gasteiger partial charge in [-0.05, 0) is 47.9 Å². The molecule has 3 rings (SSSR count). The van der Waals surface area contributed by atoms with Crippen molar-refractivity contribution in [3.05, 3.63) is 52.5 Å². The Kier molecular flexibility index (Phi) is 5.52. The van der Waals surface area contributed by atoms with Gasteiger partial charge < -0.3 is 19.9 Å². The van der Waals surface area contributed by atoms with E-state index in [0.29, 0.717) is 13.0 Å². The predicted octanol–water partition coefficient (Wildman–Crippen LogP) is 1.54. The molecule has 1 aromatic carbocycles. The van der Waals surface area contributed by atoms with Crippen molar-refractivity contribution in [3.63, 3.8) is 0 Å². The first kappa shape index (κ1) is 17.7. The third-order valence-electron chi connectivity index (χ3n) is 4.15. The summed E-state index contributed by atoms with van der Waals surface area (Å²) in [6, 6.07) is 9.71. The zero-order chi connectivity index (χ0) is 17.8. The van der Waals surface area contributed by atoms with Crippen molar-refractivity contribution in [2.24, 2.45) is 0 Å². The van der Waals surface area contributed by atoms with E-state index in [1.807, 2.05) is 52.6 Å². The van der Waals surface area contributed by atoms with Gasteiger partial charge in [0.1, 0.15) is 5.82 Å². The molecule has 0 bridgehead atoms. The lowest BCUT2D eigenvalue weighted by Crippen LogP contribution is -2.48. The van der Waals surface area contributed by atoms with Crippen LogP contribution in [0.1, 0.15) is 17.8 Å². The van der Waals surface area contributed by atoms with Crippen molar-refractivity contribution in [2.45, 2.75) is 32.3 Å². The predicted molar refractivity (Wildman–Crippen MR) is 99.2 cm³/mol. The summed E-state index contributed by atoms with van der Waals surface area (Å²) >= 11 is 1.54. The standard InChI is InChI=1S/C17H20BN3O3S/c1-12-19-14-4-2-3-5-15(14)21(12)8-6-17(22)20-16(18(23)24)10-13-7-9-25-11-13/h2-5,7,9,11,16,23-24H,6,8,10H2,1H3,(H,20,22). The van der Waals surface area contributed by atoms with Gasteiger partial charge >= 0.3 is 7.12 Å². The second-order valence-corrected chi connectivity index (χ2v) is 6.75. The van der Waals surface area contributed by atoms with Crippen LogP contribution in [0, 0.1) is 6.92 Å². The largest absolute Gasteiger partial charge is 0.475 e. The van der Waals surface area contributed by atoms with Crippen LogP contribution in [0.15, 0.2) is 41.1 Å². The number of imidazole rings is 1. The summed E-state index contributed by atoms with van der Waals surface area (Å²) in [4.78, 5) is 16.7. The molecule has 0 aliphatic carbocycles. The highest BCUT2D eigenvalue weighted by molar-refractivity contribution is 7.07.